The molecule has 1 aliphatic rings. The Bertz CT molecular complexity index is 438. The van der Waals surface area contributed by atoms with Gasteiger partial charge in [-0.05, 0) is 17.5 Å². The van der Waals surface area contributed by atoms with Crippen LogP contribution >= 0.6 is 46.9 Å². The third-order valence-electron chi connectivity index (χ3n) is 1.55. The first-order valence-corrected chi connectivity index (χ1v) is 6.13. The lowest BCUT2D eigenvalue weighted by Crippen LogP contribution is -2.17. The Balaban J connectivity index is 2.32. The van der Waals surface area contributed by atoms with Gasteiger partial charge in [-0.2, -0.15) is 0 Å². The highest BCUT2D eigenvalue weighted by molar-refractivity contribution is 8.26. The molecule has 0 spiro atoms. The number of thioether (sulfide) groups is 1. The van der Waals surface area contributed by atoms with Crippen molar-refractivity contribution in [3.63, 3.8) is 0 Å². The second-order valence-corrected chi connectivity index (χ2v) is 5.56. The summed E-state index contributed by atoms with van der Waals surface area (Å²) in [6.45, 7) is 0. The van der Waals surface area contributed by atoms with Crippen LogP contribution in [0.2, 0.25) is 5.02 Å². The summed E-state index contributed by atoms with van der Waals surface area (Å²) in [6.07, 6.45) is 1.76. The molecule has 6 heteroatoms. The van der Waals surface area contributed by atoms with E-state index in [1.807, 2.05) is 5.38 Å². The van der Waals surface area contributed by atoms with Gasteiger partial charge < -0.3 is 5.32 Å². The lowest BCUT2D eigenvalue weighted by Gasteiger charge is -1.90. The van der Waals surface area contributed by atoms with Crippen LogP contribution in [0.25, 0.3) is 6.08 Å². The first-order chi connectivity index (χ1) is 6.66. The lowest BCUT2D eigenvalue weighted by molar-refractivity contribution is -0.115. The van der Waals surface area contributed by atoms with Crippen LogP contribution in [0.3, 0.4) is 0 Å². The van der Waals surface area contributed by atoms with Crippen LogP contribution in [-0.4, -0.2) is 10.2 Å². The number of rotatable bonds is 1. The van der Waals surface area contributed by atoms with Crippen LogP contribution < -0.4 is 5.32 Å². The average Bonchev–Trinajstić information content (AvgIpc) is 2.62. The zero-order chi connectivity index (χ0) is 10.1. The maximum Gasteiger partial charge on any atom is 0.263 e. The van der Waals surface area contributed by atoms with Crippen molar-refractivity contribution in [2.45, 2.75) is 0 Å². The van der Waals surface area contributed by atoms with Crippen LogP contribution in [-0.2, 0) is 4.79 Å². The van der Waals surface area contributed by atoms with Crippen molar-refractivity contribution in [2.24, 2.45) is 0 Å². The van der Waals surface area contributed by atoms with Crippen molar-refractivity contribution < 1.29 is 4.79 Å². The molecule has 72 valence electrons. The highest BCUT2D eigenvalue weighted by Gasteiger charge is 2.22. The van der Waals surface area contributed by atoms with Gasteiger partial charge in [0, 0.05) is 4.88 Å². The zero-order valence-electron chi connectivity index (χ0n) is 6.74. The molecule has 14 heavy (non-hydrogen) atoms. The Morgan fingerprint density at radius 1 is 1.57 bits per heavy atom. The van der Waals surface area contributed by atoms with Gasteiger partial charge in [-0.15, -0.1) is 11.3 Å². The summed E-state index contributed by atoms with van der Waals surface area (Å²) in [4.78, 5) is 12.8. The monoisotopic (exact) mass is 261 g/mol. The Morgan fingerprint density at radius 2 is 2.36 bits per heavy atom. The maximum absolute atomic E-state index is 11.3. The molecule has 0 radical (unpaired) electrons. The largest absolute Gasteiger partial charge is 0.307 e. The molecular weight excluding hydrogens is 258 g/mol. The minimum Gasteiger partial charge on any atom is -0.307 e. The van der Waals surface area contributed by atoms with E-state index in [0.717, 1.165) is 4.88 Å². The van der Waals surface area contributed by atoms with Gasteiger partial charge in [-0.3, -0.25) is 4.79 Å². The van der Waals surface area contributed by atoms with E-state index in [1.54, 1.807) is 12.1 Å². The van der Waals surface area contributed by atoms with Crippen molar-refractivity contribution in [1.82, 2.24) is 5.32 Å². The summed E-state index contributed by atoms with van der Waals surface area (Å²) in [6, 6.07) is 1.80. The van der Waals surface area contributed by atoms with Crippen LogP contribution in [0.4, 0.5) is 0 Å². The predicted octanol–water partition coefficient (Wildman–Crippen LogP) is 2.89. The van der Waals surface area contributed by atoms with Gasteiger partial charge in [0.25, 0.3) is 5.91 Å². The van der Waals surface area contributed by atoms with Gasteiger partial charge in [-0.25, -0.2) is 0 Å². The summed E-state index contributed by atoms with van der Waals surface area (Å²) < 4.78 is 0.494. The van der Waals surface area contributed by atoms with Gasteiger partial charge >= 0.3 is 0 Å². The van der Waals surface area contributed by atoms with E-state index in [9.17, 15) is 4.79 Å². The van der Waals surface area contributed by atoms with E-state index in [4.69, 9.17) is 23.8 Å². The first kappa shape index (κ1) is 10.2. The minimum absolute atomic E-state index is 0.149. The fraction of sp³-hybridized carbons (Fsp3) is 0. The van der Waals surface area contributed by atoms with Gasteiger partial charge in [0.2, 0.25) is 0 Å². The molecule has 0 bridgehead atoms. The number of hydrogen-bond acceptors (Lipinski definition) is 4. The summed E-state index contributed by atoms with van der Waals surface area (Å²) in [5.41, 5.74) is 0. The fourth-order valence-corrected chi connectivity index (χ4v) is 3.09. The third kappa shape index (κ3) is 2.00. The highest BCUT2D eigenvalue weighted by atomic mass is 35.5. The summed E-state index contributed by atoms with van der Waals surface area (Å²) in [5, 5.41) is 5.09. The number of hydrogen-bond donors (Lipinski definition) is 1. The molecule has 1 amide bonds. The molecule has 0 saturated carbocycles. The number of carbonyl (C=O) groups is 1. The normalized spacial score (nSPS) is 19.1. The highest BCUT2D eigenvalue weighted by Crippen LogP contribution is 2.30. The van der Waals surface area contributed by atoms with Crippen LogP contribution in [0.5, 0.6) is 0 Å². The van der Waals surface area contributed by atoms with Crippen molar-refractivity contribution in [3.8, 4) is 0 Å². The van der Waals surface area contributed by atoms with Gasteiger partial charge in [0.15, 0.2) is 0 Å². The molecule has 0 aromatic carbocycles. The van der Waals surface area contributed by atoms with E-state index in [1.165, 1.54) is 23.1 Å². The van der Waals surface area contributed by atoms with E-state index in [0.29, 0.717) is 14.2 Å². The van der Waals surface area contributed by atoms with Gasteiger partial charge in [-0.1, -0.05) is 35.6 Å². The number of halogens is 1. The molecule has 0 unspecified atom stereocenters. The molecule has 2 rings (SSSR count). The van der Waals surface area contributed by atoms with Gasteiger partial charge in [0.05, 0.1) is 9.93 Å². The lowest BCUT2D eigenvalue weighted by atomic mass is 10.4. The minimum atomic E-state index is -0.149. The zero-order valence-corrected chi connectivity index (χ0v) is 9.95. The standard InChI is InChI=1S/C8H4ClNOS3/c9-4-1-2-13-5(4)3-6-7(11)10-8(12)14-6/h1-3H,(H,10,11,12)/b6-3-. The van der Waals surface area contributed by atoms with Crippen molar-refractivity contribution in [3.05, 3.63) is 26.3 Å². The van der Waals surface area contributed by atoms with Crippen LogP contribution in [0.15, 0.2) is 16.4 Å². The summed E-state index contributed by atoms with van der Waals surface area (Å²) in [7, 11) is 0. The van der Waals surface area contributed by atoms with E-state index < -0.39 is 0 Å². The quantitative estimate of drug-likeness (QED) is 0.623. The van der Waals surface area contributed by atoms with Crippen LogP contribution in [0.1, 0.15) is 4.88 Å². The van der Waals surface area contributed by atoms with E-state index >= 15 is 0 Å². The molecule has 0 atom stereocenters. The molecule has 1 N–H and O–H groups in total. The SMILES string of the molecule is O=C1NC(=S)S/C1=C\c1sccc1Cl. The van der Waals surface area contributed by atoms with E-state index in [-0.39, 0.29) is 5.91 Å². The molecule has 1 aliphatic heterocycles. The number of nitrogens with one attached hydrogen (secondary N) is 1. The number of thiophene rings is 1. The molecular formula is C8H4ClNOS3. The van der Waals surface area contributed by atoms with Crippen molar-refractivity contribution in [1.29, 1.82) is 0 Å². The van der Waals surface area contributed by atoms with Crippen LogP contribution in [0, 0.1) is 0 Å². The Kier molecular flexibility index (Phi) is 2.92. The second kappa shape index (κ2) is 4.02. The summed E-state index contributed by atoms with van der Waals surface area (Å²) in [5.74, 6) is -0.149. The Morgan fingerprint density at radius 3 is 2.86 bits per heavy atom. The maximum atomic E-state index is 11.3. The second-order valence-electron chi connectivity index (χ2n) is 2.49. The molecule has 2 heterocycles. The third-order valence-corrected chi connectivity index (χ3v) is 4.02. The molecule has 1 saturated heterocycles. The number of amides is 1. The fourth-order valence-electron chi connectivity index (χ4n) is 0.949. The molecule has 1 aromatic rings. The molecule has 0 aliphatic carbocycles. The number of carbonyl (C=O) groups excluding carboxylic acids is 1. The summed E-state index contributed by atoms with van der Waals surface area (Å²) >= 11 is 13.5. The average molecular weight is 262 g/mol. The topological polar surface area (TPSA) is 29.1 Å². The molecule has 1 fully saturated rings. The molecule has 2 nitrogen and oxygen atoms in total. The first-order valence-electron chi connectivity index (χ1n) is 3.64. The predicted molar refractivity (Wildman–Crippen MR) is 65.6 cm³/mol. The smallest absolute Gasteiger partial charge is 0.263 e. The Hall–Kier alpha value is -0.360. The van der Waals surface area contributed by atoms with E-state index in [2.05, 4.69) is 5.32 Å². The van der Waals surface area contributed by atoms with Crippen molar-refractivity contribution >= 4 is 63.2 Å². The van der Waals surface area contributed by atoms with Crippen molar-refractivity contribution in [2.75, 3.05) is 0 Å². The molecule has 1 aromatic heterocycles. The number of thiocarbonyl (C=S) groups is 1. The Labute approximate surface area is 99.3 Å². The van der Waals surface area contributed by atoms with Gasteiger partial charge in [0.1, 0.15) is 4.32 Å².